The van der Waals surface area contributed by atoms with Gasteiger partial charge < -0.3 is 10.1 Å². The third-order valence-corrected chi connectivity index (χ3v) is 3.33. The molecule has 2 aromatic rings. The highest BCUT2D eigenvalue weighted by atomic mass is 16.5. The first-order valence-corrected chi connectivity index (χ1v) is 6.85. The van der Waals surface area contributed by atoms with Crippen molar-refractivity contribution in [3.05, 3.63) is 41.9 Å². The van der Waals surface area contributed by atoms with E-state index in [-0.39, 0.29) is 5.78 Å². The van der Waals surface area contributed by atoms with E-state index < -0.39 is 5.60 Å². The molecule has 0 spiro atoms. The number of hydrogen-bond donors (Lipinski definition) is 1. The number of carbonyl (C=O) groups is 1. The lowest BCUT2D eigenvalue weighted by Gasteiger charge is -2.31. The molecule has 3 rings (SSSR count). The SMILES string of the molecule is Cc1cc(Nc2ccc3c(c2)C(=O)CC(C)(C)O3)ncn1. The first-order valence-electron chi connectivity index (χ1n) is 6.85. The third-order valence-electron chi connectivity index (χ3n) is 3.33. The van der Waals surface area contributed by atoms with Crippen molar-refractivity contribution >= 4 is 17.3 Å². The summed E-state index contributed by atoms with van der Waals surface area (Å²) in [5, 5.41) is 3.18. The average Bonchev–Trinajstić information content (AvgIpc) is 2.38. The van der Waals surface area contributed by atoms with Gasteiger partial charge in [-0.15, -0.1) is 0 Å². The van der Waals surface area contributed by atoms with Gasteiger partial charge in [0.25, 0.3) is 0 Å². The van der Waals surface area contributed by atoms with Crippen molar-refractivity contribution in [2.45, 2.75) is 32.8 Å². The Balaban J connectivity index is 1.90. The Kier molecular flexibility index (Phi) is 3.12. The van der Waals surface area contributed by atoms with Crippen LogP contribution in [0.2, 0.25) is 0 Å². The summed E-state index contributed by atoms with van der Waals surface area (Å²) in [5.41, 5.74) is 1.86. The molecule has 0 bridgehead atoms. The van der Waals surface area contributed by atoms with Gasteiger partial charge in [-0.1, -0.05) is 0 Å². The fraction of sp³-hybridized carbons (Fsp3) is 0.312. The van der Waals surface area contributed by atoms with Gasteiger partial charge in [0.15, 0.2) is 5.78 Å². The van der Waals surface area contributed by atoms with Crippen LogP contribution in [0, 0.1) is 6.92 Å². The minimum Gasteiger partial charge on any atom is -0.487 e. The second kappa shape index (κ2) is 4.84. The number of ether oxygens (including phenoxy) is 1. The molecule has 2 heterocycles. The summed E-state index contributed by atoms with van der Waals surface area (Å²) in [5.74, 6) is 1.44. The van der Waals surface area contributed by atoms with E-state index in [1.807, 2.05) is 45.0 Å². The number of benzene rings is 1. The van der Waals surface area contributed by atoms with Crippen molar-refractivity contribution in [2.75, 3.05) is 5.32 Å². The Morgan fingerprint density at radius 1 is 1.24 bits per heavy atom. The minimum atomic E-state index is -0.442. The van der Waals surface area contributed by atoms with E-state index in [0.717, 1.165) is 11.4 Å². The summed E-state index contributed by atoms with van der Waals surface area (Å²) in [6, 6.07) is 7.36. The van der Waals surface area contributed by atoms with Crippen LogP contribution in [0.3, 0.4) is 0 Å². The number of hydrogen-bond acceptors (Lipinski definition) is 5. The monoisotopic (exact) mass is 283 g/mol. The molecule has 0 saturated heterocycles. The van der Waals surface area contributed by atoms with Gasteiger partial charge in [0.1, 0.15) is 23.5 Å². The molecule has 1 aliphatic heterocycles. The Hall–Kier alpha value is -2.43. The molecule has 1 N–H and O–H groups in total. The molecular formula is C16H17N3O2. The van der Waals surface area contributed by atoms with Gasteiger partial charge in [-0.25, -0.2) is 9.97 Å². The molecule has 0 fully saturated rings. The number of carbonyl (C=O) groups excluding carboxylic acids is 1. The first-order chi connectivity index (χ1) is 9.93. The zero-order valence-electron chi connectivity index (χ0n) is 12.3. The lowest BCUT2D eigenvalue weighted by molar-refractivity contribution is 0.0620. The molecule has 0 unspecified atom stereocenters. The van der Waals surface area contributed by atoms with Crippen LogP contribution in [-0.4, -0.2) is 21.4 Å². The zero-order valence-corrected chi connectivity index (χ0v) is 12.3. The molecule has 5 nitrogen and oxygen atoms in total. The van der Waals surface area contributed by atoms with E-state index >= 15 is 0 Å². The molecule has 0 saturated carbocycles. The number of aromatic nitrogens is 2. The lowest BCUT2D eigenvalue weighted by atomic mass is 9.93. The summed E-state index contributed by atoms with van der Waals surface area (Å²) < 4.78 is 5.84. The first kappa shape index (κ1) is 13.5. The lowest BCUT2D eigenvalue weighted by Crippen LogP contribution is -2.35. The fourth-order valence-corrected chi connectivity index (χ4v) is 2.40. The summed E-state index contributed by atoms with van der Waals surface area (Å²) >= 11 is 0. The second-order valence-electron chi connectivity index (χ2n) is 5.84. The fourth-order valence-electron chi connectivity index (χ4n) is 2.40. The number of ketones is 1. The van der Waals surface area contributed by atoms with Crippen LogP contribution >= 0.6 is 0 Å². The maximum Gasteiger partial charge on any atom is 0.170 e. The molecule has 0 radical (unpaired) electrons. The molecular weight excluding hydrogens is 266 g/mol. The van der Waals surface area contributed by atoms with Crippen molar-refractivity contribution in [3.63, 3.8) is 0 Å². The molecule has 108 valence electrons. The molecule has 0 aliphatic carbocycles. The quantitative estimate of drug-likeness (QED) is 0.916. The topological polar surface area (TPSA) is 64.1 Å². The number of aryl methyl sites for hydroxylation is 1. The van der Waals surface area contributed by atoms with Crippen LogP contribution in [0.5, 0.6) is 5.75 Å². The van der Waals surface area contributed by atoms with Crippen molar-refractivity contribution in [3.8, 4) is 5.75 Å². The highest BCUT2D eigenvalue weighted by molar-refractivity contribution is 6.01. The summed E-state index contributed by atoms with van der Waals surface area (Å²) in [4.78, 5) is 20.4. The average molecular weight is 283 g/mol. The van der Waals surface area contributed by atoms with E-state index in [1.54, 1.807) is 0 Å². The Bertz CT molecular complexity index is 710. The minimum absolute atomic E-state index is 0.101. The maximum atomic E-state index is 12.2. The normalized spacial score (nSPS) is 16.0. The second-order valence-corrected chi connectivity index (χ2v) is 5.84. The van der Waals surface area contributed by atoms with Gasteiger partial charge in [-0.05, 0) is 39.0 Å². The Morgan fingerprint density at radius 3 is 2.81 bits per heavy atom. The van der Waals surface area contributed by atoms with Crippen LogP contribution < -0.4 is 10.1 Å². The number of nitrogens with one attached hydrogen (secondary N) is 1. The predicted octanol–water partition coefficient (Wildman–Crippen LogP) is 3.27. The van der Waals surface area contributed by atoms with Crippen molar-refractivity contribution < 1.29 is 9.53 Å². The number of fused-ring (bicyclic) bond motifs is 1. The molecule has 0 amide bonds. The summed E-state index contributed by atoms with van der Waals surface area (Å²) in [6.45, 7) is 5.74. The van der Waals surface area contributed by atoms with Gasteiger partial charge in [0.2, 0.25) is 0 Å². The van der Waals surface area contributed by atoms with Crippen molar-refractivity contribution in [1.29, 1.82) is 0 Å². The Labute approximate surface area is 123 Å². The Morgan fingerprint density at radius 2 is 2.05 bits per heavy atom. The largest absolute Gasteiger partial charge is 0.487 e. The van der Waals surface area contributed by atoms with Crippen LogP contribution in [0.1, 0.15) is 36.3 Å². The molecule has 0 atom stereocenters. The van der Waals surface area contributed by atoms with Crippen LogP contribution in [0.4, 0.5) is 11.5 Å². The predicted molar refractivity (Wildman–Crippen MR) is 80.1 cm³/mol. The highest BCUT2D eigenvalue weighted by Gasteiger charge is 2.32. The van der Waals surface area contributed by atoms with Gasteiger partial charge in [0.05, 0.1) is 12.0 Å². The number of nitrogens with zero attached hydrogens (tertiary/aromatic N) is 2. The molecule has 1 aromatic carbocycles. The molecule has 1 aromatic heterocycles. The summed E-state index contributed by atoms with van der Waals surface area (Å²) in [6.07, 6.45) is 1.89. The smallest absolute Gasteiger partial charge is 0.170 e. The van der Waals surface area contributed by atoms with Gasteiger partial charge in [0, 0.05) is 17.4 Å². The number of rotatable bonds is 2. The van der Waals surface area contributed by atoms with Crippen LogP contribution in [-0.2, 0) is 0 Å². The van der Waals surface area contributed by atoms with E-state index in [1.165, 1.54) is 6.33 Å². The van der Waals surface area contributed by atoms with Crippen LogP contribution in [0.15, 0.2) is 30.6 Å². The molecule has 21 heavy (non-hydrogen) atoms. The van der Waals surface area contributed by atoms with Crippen molar-refractivity contribution in [1.82, 2.24) is 9.97 Å². The van der Waals surface area contributed by atoms with E-state index in [0.29, 0.717) is 23.6 Å². The van der Waals surface area contributed by atoms with Crippen LogP contribution in [0.25, 0.3) is 0 Å². The third kappa shape index (κ3) is 2.86. The van der Waals surface area contributed by atoms with E-state index in [9.17, 15) is 4.79 Å². The van der Waals surface area contributed by atoms with Gasteiger partial charge >= 0.3 is 0 Å². The molecule has 5 heteroatoms. The standard InChI is InChI=1S/C16H17N3O2/c1-10-6-15(18-9-17-10)19-11-4-5-14-12(7-11)13(20)8-16(2,3)21-14/h4-7,9H,8H2,1-3H3,(H,17,18,19). The molecule has 1 aliphatic rings. The number of anilines is 2. The number of Topliss-reactive ketones (excluding diaryl/α,β-unsaturated/α-hetero) is 1. The summed E-state index contributed by atoms with van der Waals surface area (Å²) in [7, 11) is 0. The van der Waals surface area contributed by atoms with E-state index in [4.69, 9.17) is 4.74 Å². The van der Waals surface area contributed by atoms with E-state index in [2.05, 4.69) is 15.3 Å². The maximum absolute atomic E-state index is 12.2. The van der Waals surface area contributed by atoms with Crippen molar-refractivity contribution in [2.24, 2.45) is 0 Å². The highest BCUT2D eigenvalue weighted by Crippen LogP contribution is 2.34. The zero-order chi connectivity index (χ0) is 15.0. The van der Waals surface area contributed by atoms with Gasteiger partial charge in [-0.2, -0.15) is 0 Å². The van der Waals surface area contributed by atoms with Gasteiger partial charge in [-0.3, -0.25) is 4.79 Å².